The van der Waals surface area contributed by atoms with E-state index in [0.29, 0.717) is 13.2 Å². The molecule has 0 aromatic heterocycles. The second kappa shape index (κ2) is 5.21. The van der Waals surface area contributed by atoms with Gasteiger partial charge >= 0.3 is 0 Å². The van der Waals surface area contributed by atoms with Crippen molar-refractivity contribution < 1.29 is 14.6 Å². The first-order chi connectivity index (χ1) is 7.81. The number of ether oxygens (including phenoxy) is 2. The first-order valence-electron chi connectivity index (χ1n) is 5.89. The molecule has 88 valence electrons. The van der Waals surface area contributed by atoms with E-state index in [1.54, 1.807) is 0 Å². The number of unbranched alkanes of at least 4 members (excludes halogenated alkanes) is 1. The third-order valence-corrected chi connectivity index (χ3v) is 2.78. The van der Waals surface area contributed by atoms with E-state index in [1.807, 2.05) is 18.2 Å². The zero-order valence-electron chi connectivity index (χ0n) is 9.61. The summed E-state index contributed by atoms with van der Waals surface area (Å²) in [7, 11) is 0. The van der Waals surface area contributed by atoms with Crippen LogP contribution >= 0.6 is 0 Å². The van der Waals surface area contributed by atoms with Crippen LogP contribution in [0.3, 0.4) is 0 Å². The van der Waals surface area contributed by atoms with Crippen LogP contribution in [0.4, 0.5) is 0 Å². The van der Waals surface area contributed by atoms with E-state index in [2.05, 4.69) is 6.92 Å². The second-order valence-corrected chi connectivity index (χ2v) is 4.06. The predicted molar refractivity (Wildman–Crippen MR) is 61.9 cm³/mol. The van der Waals surface area contributed by atoms with Gasteiger partial charge in [0.05, 0.1) is 6.10 Å². The monoisotopic (exact) mass is 222 g/mol. The van der Waals surface area contributed by atoms with Crippen LogP contribution in [-0.4, -0.2) is 18.3 Å². The third-order valence-electron chi connectivity index (χ3n) is 2.78. The van der Waals surface area contributed by atoms with E-state index in [-0.39, 0.29) is 0 Å². The molecule has 3 nitrogen and oxygen atoms in total. The van der Waals surface area contributed by atoms with Crippen molar-refractivity contribution in [1.29, 1.82) is 0 Å². The van der Waals surface area contributed by atoms with Crippen LogP contribution in [0, 0.1) is 0 Å². The molecule has 1 N–H and O–H groups in total. The summed E-state index contributed by atoms with van der Waals surface area (Å²) in [6.07, 6.45) is 2.55. The van der Waals surface area contributed by atoms with E-state index in [9.17, 15) is 5.11 Å². The predicted octanol–water partition coefficient (Wildman–Crippen LogP) is 2.68. The van der Waals surface area contributed by atoms with Crippen molar-refractivity contribution in [3.05, 3.63) is 23.8 Å². The van der Waals surface area contributed by atoms with Gasteiger partial charge in [-0.3, -0.25) is 0 Å². The molecule has 16 heavy (non-hydrogen) atoms. The summed E-state index contributed by atoms with van der Waals surface area (Å²) >= 11 is 0. The van der Waals surface area contributed by atoms with Crippen LogP contribution < -0.4 is 9.47 Å². The number of hydrogen-bond acceptors (Lipinski definition) is 3. The summed E-state index contributed by atoms with van der Waals surface area (Å²) in [6, 6.07) is 5.67. The van der Waals surface area contributed by atoms with E-state index in [4.69, 9.17) is 9.47 Å². The molecule has 0 bridgehead atoms. The third kappa shape index (κ3) is 2.47. The first kappa shape index (κ1) is 11.3. The molecule has 0 saturated carbocycles. The molecular weight excluding hydrogens is 204 g/mol. The number of aliphatic hydroxyl groups is 1. The number of rotatable bonds is 4. The molecule has 0 fully saturated rings. The van der Waals surface area contributed by atoms with Gasteiger partial charge in [0.2, 0.25) is 0 Å². The van der Waals surface area contributed by atoms with Gasteiger partial charge in [-0.1, -0.05) is 25.8 Å². The van der Waals surface area contributed by atoms with Crippen LogP contribution in [0.5, 0.6) is 11.5 Å². The van der Waals surface area contributed by atoms with Gasteiger partial charge < -0.3 is 14.6 Å². The Kier molecular flexibility index (Phi) is 3.67. The van der Waals surface area contributed by atoms with Gasteiger partial charge in [-0.2, -0.15) is 0 Å². The smallest absolute Gasteiger partial charge is 0.161 e. The van der Waals surface area contributed by atoms with Crippen molar-refractivity contribution in [2.45, 2.75) is 32.3 Å². The summed E-state index contributed by atoms with van der Waals surface area (Å²) in [5.41, 5.74) is 0.915. The Labute approximate surface area is 96.0 Å². The molecule has 1 atom stereocenters. The van der Waals surface area contributed by atoms with Crippen LogP contribution in [0.2, 0.25) is 0 Å². The molecule has 1 aromatic carbocycles. The maximum Gasteiger partial charge on any atom is 0.161 e. The highest BCUT2D eigenvalue weighted by Gasteiger charge is 2.14. The Balaban J connectivity index is 2.10. The summed E-state index contributed by atoms with van der Waals surface area (Å²) in [4.78, 5) is 0. The zero-order chi connectivity index (χ0) is 11.4. The molecule has 1 unspecified atom stereocenters. The van der Waals surface area contributed by atoms with E-state index in [0.717, 1.165) is 36.3 Å². The maximum atomic E-state index is 9.96. The largest absolute Gasteiger partial charge is 0.486 e. The first-order valence-corrected chi connectivity index (χ1v) is 5.89. The van der Waals surface area contributed by atoms with Crippen LogP contribution in [0.15, 0.2) is 18.2 Å². The molecule has 0 spiro atoms. The molecule has 0 amide bonds. The molecule has 2 rings (SSSR count). The molecule has 1 aromatic rings. The molecule has 1 aliphatic rings. The summed E-state index contributed by atoms with van der Waals surface area (Å²) in [5.74, 6) is 1.52. The number of benzene rings is 1. The van der Waals surface area contributed by atoms with Crippen molar-refractivity contribution >= 4 is 0 Å². The SMILES string of the molecule is CCCCC(O)c1ccc2c(c1)OCCO2. The fraction of sp³-hybridized carbons (Fsp3) is 0.538. The van der Waals surface area contributed by atoms with Crippen molar-refractivity contribution in [1.82, 2.24) is 0 Å². The van der Waals surface area contributed by atoms with Gasteiger partial charge in [-0.15, -0.1) is 0 Å². The average molecular weight is 222 g/mol. The Hall–Kier alpha value is -1.22. The van der Waals surface area contributed by atoms with Crippen LogP contribution in [-0.2, 0) is 0 Å². The van der Waals surface area contributed by atoms with Crippen molar-refractivity contribution in [2.75, 3.05) is 13.2 Å². The molecule has 1 heterocycles. The maximum absolute atomic E-state index is 9.96. The zero-order valence-corrected chi connectivity index (χ0v) is 9.61. The van der Waals surface area contributed by atoms with Gasteiger partial charge in [-0.25, -0.2) is 0 Å². The minimum Gasteiger partial charge on any atom is -0.486 e. The Morgan fingerprint density at radius 2 is 2.00 bits per heavy atom. The van der Waals surface area contributed by atoms with E-state index in [1.165, 1.54) is 0 Å². The summed E-state index contributed by atoms with van der Waals surface area (Å²) in [6.45, 7) is 3.31. The van der Waals surface area contributed by atoms with Gasteiger partial charge in [0.15, 0.2) is 11.5 Å². The average Bonchev–Trinajstić information content (AvgIpc) is 2.35. The quantitative estimate of drug-likeness (QED) is 0.851. The van der Waals surface area contributed by atoms with E-state index >= 15 is 0 Å². The minimum atomic E-state index is -0.393. The normalized spacial score (nSPS) is 15.9. The van der Waals surface area contributed by atoms with Gasteiger partial charge in [0, 0.05) is 0 Å². The minimum absolute atomic E-state index is 0.393. The Morgan fingerprint density at radius 3 is 2.75 bits per heavy atom. The van der Waals surface area contributed by atoms with Crippen molar-refractivity contribution in [3.8, 4) is 11.5 Å². The lowest BCUT2D eigenvalue weighted by atomic mass is 10.0. The van der Waals surface area contributed by atoms with E-state index < -0.39 is 6.10 Å². The Morgan fingerprint density at radius 1 is 1.25 bits per heavy atom. The lowest BCUT2D eigenvalue weighted by molar-refractivity contribution is 0.157. The van der Waals surface area contributed by atoms with Crippen molar-refractivity contribution in [2.24, 2.45) is 0 Å². The number of hydrogen-bond donors (Lipinski definition) is 1. The summed E-state index contributed by atoms with van der Waals surface area (Å²) < 4.78 is 10.9. The van der Waals surface area contributed by atoms with Gasteiger partial charge in [0.1, 0.15) is 13.2 Å². The lowest BCUT2D eigenvalue weighted by Gasteiger charge is -2.20. The highest BCUT2D eigenvalue weighted by molar-refractivity contribution is 5.44. The second-order valence-electron chi connectivity index (χ2n) is 4.06. The standard InChI is InChI=1S/C13H18O3/c1-2-3-4-11(14)10-5-6-12-13(9-10)16-8-7-15-12/h5-6,9,11,14H,2-4,7-8H2,1H3. The fourth-order valence-corrected chi connectivity index (χ4v) is 1.83. The fourth-order valence-electron chi connectivity index (χ4n) is 1.83. The number of fused-ring (bicyclic) bond motifs is 1. The van der Waals surface area contributed by atoms with Gasteiger partial charge in [0.25, 0.3) is 0 Å². The molecule has 1 aliphatic heterocycles. The lowest BCUT2D eigenvalue weighted by Crippen LogP contribution is -2.15. The topological polar surface area (TPSA) is 38.7 Å². The Bertz CT molecular complexity index is 349. The number of aliphatic hydroxyl groups excluding tert-OH is 1. The summed E-state index contributed by atoms with van der Waals surface area (Å²) in [5, 5.41) is 9.96. The highest BCUT2D eigenvalue weighted by atomic mass is 16.6. The van der Waals surface area contributed by atoms with Crippen LogP contribution in [0.1, 0.15) is 37.9 Å². The molecule has 0 radical (unpaired) electrons. The molecule has 0 saturated heterocycles. The van der Waals surface area contributed by atoms with Crippen LogP contribution in [0.25, 0.3) is 0 Å². The molecular formula is C13H18O3. The molecule has 3 heteroatoms. The van der Waals surface area contributed by atoms with Crippen molar-refractivity contribution in [3.63, 3.8) is 0 Å². The van der Waals surface area contributed by atoms with Gasteiger partial charge in [-0.05, 0) is 24.1 Å². The highest BCUT2D eigenvalue weighted by Crippen LogP contribution is 2.33. The molecule has 0 aliphatic carbocycles.